The number of fused-ring (bicyclic) bond motifs is 1. The SMILES string of the molecule is COc1ccc(C2=C(c3ccc(O[C@H]4CCN(CCCF)C4)cc3)c3ccc(O)cc3CCC2)c(F)n1. The summed E-state index contributed by atoms with van der Waals surface area (Å²) in [7, 11) is 1.47. The van der Waals surface area contributed by atoms with Crippen LogP contribution in [-0.4, -0.2) is 54.5 Å². The van der Waals surface area contributed by atoms with Gasteiger partial charge in [0.05, 0.1) is 13.8 Å². The fraction of sp³-hybridized carbons (Fsp3) is 0.367. The standard InChI is InChI=1S/C30H32F2N2O3/c1-36-28-13-12-27(30(32)33-28)26-5-2-4-21-18-22(35)8-11-25(21)29(26)20-6-9-23(10-7-20)37-24-14-17-34(19-24)16-3-15-31/h6-13,18,24,35H,2-5,14-17,19H2,1H3/t24-/m0/s1. The van der Waals surface area contributed by atoms with Gasteiger partial charge in [-0.15, -0.1) is 0 Å². The number of benzene rings is 2. The van der Waals surface area contributed by atoms with Crippen molar-refractivity contribution in [2.24, 2.45) is 0 Å². The number of nitrogens with zero attached hydrogens (tertiary/aromatic N) is 2. The number of hydrogen-bond acceptors (Lipinski definition) is 5. The Morgan fingerprint density at radius 3 is 2.62 bits per heavy atom. The molecule has 1 aromatic heterocycles. The van der Waals surface area contributed by atoms with Crippen LogP contribution in [0.15, 0.2) is 54.6 Å². The molecular formula is C30H32F2N2O3. The van der Waals surface area contributed by atoms with Crippen molar-refractivity contribution < 1.29 is 23.4 Å². The molecule has 1 fully saturated rings. The zero-order chi connectivity index (χ0) is 25.8. The summed E-state index contributed by atoms with van der Waals surface area (Å²) in [4.78, 5) is 6.23. The lowest BCUT2D eigenvalue weighted by Crippen LogP contribution is -2.26. The van der Waals surface area contributed by atoms with E-state index in [9.17, 15) is 9.50 Å². The molecule has 0 radical (unpaired) electrons. The number of pyridine rings is 1. The van der Waals surface area contributed by atoms with Crippen LogP contribution in [0.4, 0.5) is 8.78 Å². The maximum Gasteiger partial charge on any atom is 0.223 e. The van der Waals surface area contributed by atoms with E-state index in [0.29, 0.717) is 18.4 Å². The Labute approximate surface area is 216 Å². The third kappa shape index (κ3) is 5.62. The molecule has 5 nitrogen and oxygen atoms in total. The summed E-state index contributed by atoms with van der Waals surface area (Å²) in [5.74, 6) is 0.673. The van der Waals surface area contributed by atoms with Gasteiger partial charge in [0.25, 0.3) is 0 Å². The predicted octanol–water partition coefficient (Wildman–Crippen LogP) is 6.04. The summed E-state index contributed by atoms with van der Waals surface area (Å²) in [5, 5.41) is 10.1. The van der Waals surface area contributed by atoms with E-state index in [1.807, 2.05) is 30.3 Å². The van der Waals surface area contributed by atoms with Crippen molar-refractivity contribution in [2.75, 3.05) is 33.4 Å². The minimum atomic E-state index is -0.562. The van der Waals surface area contributed by atoms with Gasteiger partial charge in [0.15, 0.2) is 0 Å². The average molecular weight is 507 g/mol. The molecule has 0 bridgehead atoms. The van der Waals surface area contributed by atoms with Gasteiger partial charge in [-0.3, -0.25) is 9.29 Å². The predicted molar refractivity (Wildman–Crippen MR) is 140 cm³/mol. The van der Waals surface area contributed by atoms with Crippen molar-refractivity contribution in [3.05, 3.63) is 82.8 Å². The number of aryl methyl sites for hydroxylation is 1. The molecule has 1 atom stereocenters. The van der Waals surface area contributed by atoms with Crippen molar-refractivity contribution >= 4 is 11.1 Å². The molecule has 0 amide bonds. The Morgan fingerprint density at radius 1 is 1.05 bits per heavy atom. The van der Waals surface area contributed by atoms with Crippen LogP contribution in [0.2, 0.25) is 0 Å². The minimum Gasteiger partial charge on any atom is -0.508 e. The number of hydrogen-bond donors (Lipinski definition) is 1. The Hall–Kier alpha value is -3.45. The second-order valence-electron chi connectivity index (χ2n) is 9.64. The molecule has 2 aromatic carbocycles. The van der Waals surface area contributed by atoms with Gasteiger partial charge in [-0.1, -0.05) is 18.2 Å². The number of ether oxygens (including phenoxy) is 2. The number of aromatic nitrogens is 1. The number of halogens is 2. The lowest BCUT2D eigenvalue weighted by atomic mass is 9.88. The van der Waals surface area contributed by atoms with Crippen LogP contribution in [0.3, 0.4) is 0 Å². The van der Waals surface area contributed by atoms with E-state index in [4.69, 9.17) is 9.47 Å². The molecule has 3 aromatic rings. The van der Waals surface area contributed by atoms with Crippen LogP contribution in [0.1, 0.15) is 47.9 Å². The fourth-order valence-electron chi connectivity index (χ4n) is 5.40. The van der Waals surface area contributed by atoms with Crippen LogP contribution in [0.25, 0.3) is 11.1 Å². The summed E-state index contributed by atoms with van der Waals surface area (Å²) in [5.41, 5.74) is 5.23. The maximum atomic E-state index is 15.2. The number of phenolic OH excluding ortho intramolecular Hbond substituents is 1. The summed E-state index contributed by atoms with van der Waals surface area (Å²) in [6, 6.07) is 16.7. The first-order chi connectivity index (χ1) is 18.1. The van der Waals surface area contributed by atoms with Gasteiger partial charge in [-0.05, 0) is 90.3 Å². The fourth-order valence-corrected chi connectivity index (χ4v) is 5.40. The zero-order valence-electron chi connectivity index (χ0n) is 21.1. The first-order valence-corrected chi connectivity index (χ1v) is 12.9. The van der Waals surface area contributed by atoms with E-state index in [0.717, 1.165) is 72.5 Å². The first kappa shape index (κ1) is 25.2. The number of phenols is 1. The van der Waals surface area contributed by atoms with Crippen molar-refractivity contribution in [1.29, 1.82) is 0 Å². The molecule has 194 valence electrons. The van der Waals surface area contributed by atoms with E-state index < -0.39 is 5.95 Å². The third-order valence-electron chi connectivity index (χ3n) is 7.17. The van der Waals surface area contributed by atoms with E-state index in [1.54, 1.807) is 24.3 Å². The van der Waals surface area contributed by atoms with Gasteiger partial charge in [0, 0.05) is 31.3 Å². The molecule has 37 heavy (non-hydrogen) atoms. The normalized spacial score (nSPS) is 18.0. The number of alkyl halides is 1. The van der Waals surface area contributed by atoms with Crippen LogP contribution >= 0.6 is 0 Å². The quantitative estimate of drug-likeness (QED) is 0.378. The van der Waals surface area contributed by atoms with Crippen molar-refractivity contribution in [2.45, 2.75) is 38.2 Å². The first-order valence-electron chi connectivity index (χ1n) is 12.9. The van der Waals surface area contributed by atoms with E-state index in [-0.39, 0.29) is 24.4 Å². The largest absolute Gasteiger partial charge is 0.508 e. The van der Waals surface area contributed by atoms with Crippen LogP contribution < -0.4 is 9.47 Å². The minimum absolute atomic E-state index is 0.0845. The molecule has 7 heteroatoms. The Morgan fingerprint density at radius 2 is 1.86 bits per heavy atom. The highest BCUT2D eigenvalue weighted by molar-refractivity contribution is 6.00. The molecule has 5 rings (SSSR count). The third-order valence-corrected chi connectivity index (χ3v) is 7.17. The highest BCUT2D eigenvalue weighted by Crippen LogP contribution is 2.41. The zero-order valence-corrected chi connectivity index (χ0v) is 21.1. The average Bonchev–Trinajstić information content (AvgIpc) is 3.27. The summed E-state index contributed by atoms with van der Waals surface area (Å²) >= 11 is 0. The molecule has 2 aliphatic rings. The number of methoxy groups -OCH3 is 1. The van der Waals surface area contributed by atoms with Gasteiger partial charge >= 0.3 is 0 Å². The van der Waals surface area contributed by atoms with Gasteiger partial charge in [-0.2, -0.15) is 9.37 Å². The second-order valence-corrected chi connectivity index (χ2v) is 9.64. The molecule has 1 N–H and O–H groups in total. The highest BCUT2D eigenvalue weighted by atomic mass is 19.1. The van der Waals surface area contributed by atoms with E-state index in [2.05, 4.69) is 9.88 Å². The number of likely N-dealkylation sites (tertiary alicyclic amines) is 1. The molecular weight excluding hydrogens is 474 g/mol. The monoisotopic (exact) mass is 506 g/mol. The van der Waals surface area contributed by atoms with Crippen LogP contribution in [-0.2, 0) is 6.42 Å². The van der Waals surface area contributed by atoms with Gasteiger partial charge in [0.1, 0.15) is 17.6 Å². The highest BCUT2D eigenvalue weighted by Gasteiger charge is 2.25. The van der Waals surface area contributed by atoms with Gasteiger partial charge < -0.3 is 14.6 Å². The number of rotatable bonds is 8. The van der Waals surface area contributed by atoms with E-state index in [1.165, 1.54) is 7.11 Å². The lowest BCUT2D eigenvalue weighted by Gasteiger charge is -2.19. The van der Waals surface area contributed by atoms with Crippen LogP contribution in [0.5, 0.6) is 17.4 Å². The number of aromatic hydroxyl groups is 1. The Bertz CT molecular complexity index is 1280. The molecule has 1 saturated heterocycles. The molecule has 1 aliphatic carbocycles. The molecule has 1 aliphatic heterocycles. The van der Waals surface area contributed by atoms with Gasteiger partial charge in [0.2, 0.25) is 11.8 Å². The maximum absolute atomic E-state index is 15.2. The summed E-state index contributed by atoms with van der Waals surface area (Å²) in [6.45, 7) is 2.19. The van der Waals surface area contributed by atoms with Crippen molar-refractivity contribution in [3.63, 3.8) is 0 Å². The van der Waals surface area contributed by atoms with Crippen molar-refractivity contribution in [1.82, 2.24) is 9.88 Å². The van der Waals surface area contributed by atoms with Gasteiger partial charge in [-0.25, -0.2) is 0 Å². The second kappa shape index (κ2) is 11.3. The molecule has 2 heterocycles. The number of allylic oxidation sites excluding steroid dienone is 1. The topological polar surface area (TPSA) is 54.8 Å². The summed E-state index contributed by atoms with van der Waals surface area (Å²) < 4.78 is 39.0. The van der Waals surface area contributed by atoms with Crippen molar-refractivity contribution in [3.8, 4) is 17.4 Å². The Kier molecular flexibility index (Phi) is 7.70. The van der Waals surface area contributed by atoms with Crippen LogP contribution in [0, 0.1) is 5.95 Å². The summed E-state index contributed by atoms with van der Waals surface area (Å²) in [6.07, 6.45) is 3.84. The molecule has 0 unspecified atom stereocenters. The molecule has 0 saturated carbocycles. The smallest absolute Gasteiger partial charge is 0.223 e. The van der Waals surface area contributed by atoms with E-state index >= 15 is 4.39 Å². The molecule has 0 spiro atoms. The lowest BCUT2D eigenvalue weighted by molar-refractivity contribution is 0.198. The Balaban J connectivity index is 1.49.